The Morgan fingerprint density at radius 1 is 1.24 bits per heavy atom. The number of hydrogen-bond donors (Lipinski definition) is 0. The fourth-order valence-electron chi connectivity index (χ4n) is 2.57. The third-order valence-electron chi connectivity index (χ3n) is 3.70. The number of aromatic nitrogens is 1. The Labute approximate surface area is 155 Å². The highest BCUT2D eigenvalue weighted by Crippen LogP contribution is 2.21. The number of thiazole rings is 1. The Morgan fingerprint density at radius 2 is 2.04 bits per heavy atom. The molecule has 0 unspecified atom stereocenters. The van der Waals surface area contributed by atoms with Crippen LogP contribution in [0.5, 0.6) is 0 Å². The summed E-state index contributed by atoms with van der Waals surface area (Å²) in [5.74, 6) is 3.26. The Hall–Kier alpha value is -2.29. The highest BCUT2D eigenvalue weighted by atomic mass is 32.2. The van der Waals surface area contributed by atoms with E-state index in [2.05, 4.69) is 10.9 Å². The summed E-state index contributed by atoms with van der Waals surface area (Å²) < 4.78 is 3.05. The van der Waals surface area contributed by atoms with Gasteiger partial charge in [0.2, 0.25) is 5.91 Å². The lowest BCUT2D eigenvalue weighted by atomic mass is 10.2. The monoisotopic (exact) mass is 366 g/mol. The molecule has 126 valence electrons. The van der Waals surface area contributed by atoms with Gasteiger partial charge in [0.05, 0.1) is 16.8 Å². The number of benzene rings is 2. The average molecular weight is 367 g/mol. The van der Waals surface area contributed by atoms with Gasteiger partial charge in [-0.1, -0.05) is 47.6 Å². The van der Waals surface area contributed by atoms with Crippen LogP contribution in [-0.2, 0) is 11.3 Å². The van der Waals surface area contributed by atoms with E-state index in [0.29, 0.717) is 23.5 Å². The maximum absolute atomic E-state index is 12.3. The van der Waals surface area contributed by atoms with Crippen molar-refractivity contribution in [3.05, 3.63) is 58.9 Å². The molecule has 1 amide bonds. The topological polar surface area (TPSA) is 34.4 Å². The zero-order valence-corrected chi connectivity index (χ0v) is 15.6. The van der Waals surface area contributed by atoms with E-state index in [0.717, 1.165) is 20.7 Å². The Bertz CT molecular complexity index is 994. The summed E-state index contributed by atoms with van der Waals surface area (Å²) in [4.78, 5) is 18.4. The van der Waals surface area contributed by atoms with Gasteiger partial charge in [0, 0.05) is 17.1 Å². The molecule has 0 fully saturated rings. The van der Waals surface area contributed by atoms with Gasteiger partial charge >= 0.3 is 0 Å². The third-order valence-corrected chi connectivity index (χ3v) is 5.76. The maximum Gasteiger partial charge on any atom is 0.249 e. The summed E-state index contributed by atoms with van der Waals surface area (Å²) in [6, 6.07) is 16.2. The number of amides is 1. The van der Waals surface area contributed by atoms with E-state index in [-0.39, 0.29) is 5.91 Å². The predicted octanol–water partition coefficient (Wildman–Crippen LogP) is 4.25. The molecular weight excluding hydrogens is 348 g/mol. The van der Waals surface area contributed by atoms with E-state index in [1.54, 1.807) is 11.8 Å². The molecule has 3 nitrogen and oxygen atoms in total. The fraction of sp³-hybridized carbons (Fsp3) is 0.200. The number of terminal acetylenes is 1. The van der Waals surface area contributed by atoms with Crippen molar-refractivity contribution in [3.63, 3.8) is 0 Å². The van der Waals surface area contributed by atoms with Crippen LogP contribution < -0.4 is 4.80 Å². The molecule has 0 radical (unpaired) electrons. The molecule has 1 aromatic heterocycles. The zero-order chi connectivity index (χ0) is 17.6. The molecule has 3 rings (SSSR count). The number of aryl methyl sites for hydroxylation is 1. The van der Waals surface area contributed by atoms with E-state index in [1.807, 2.05) is 60.0 Å². The molecule has 5 heteroatoms. The lowest BCUT2D eigenvalue weighted by molar-refractivity contribution is -0.117. The molecule has 0 aliphatic carbocycles. The zero-order valence-electron chi connectivity index (χ0n) is 13.9. The number of thioether (sulfide) groups is 1. The quantitative estimate of drug-likeness (QED) is 0.500. The van der Waals surface area contributed by atoms with Crippen LogP contribution in [0.15, 0.2) is 58.4 Å². The van der Waals surface area contributed by atoms with E-state index >= 15 is 0 Å². The van der Waals surface area contributed by atoms with Gasteiger partial charge in [0.15, 0.2) is 4.80 Å². The fourth-order valence-corrected chi connectivity index (χ4v) is 4.55. The Balaban J connectivity index is 1.80. The number of carbonyl (C=O) groups is 1. The van der Waals surface area contributed by atoms with Crippen molar-refractivity contribution < 1.29 is 4.79 Å². The molecule has 25 heavy (non-hydrogen) atoms. The summed E-state index contributed by atoms with van der Waals surface area (Å²) in [7, 11) is 0. The Kier molecular flexibility index (Phi) is 5.75. The van der Waals surface area contributed by atoms with Gasteiger partial charge in [-0.2, -0.15) is 4.99 Å². The molecule has 0 saturated heterocycles. The average Bonchev–Trinajstić information content (AvgIpc) is 2.95. The minimum Gasteiger partial charge on any atom is -0.304 e. The van der Waals surface area contributed by atoms with Crippen LogP contribution in [-0.4, -0.2) is 16.2 Å². The van der Waals surface area contributed by atoms with E-state index < -0.39 is 0 Å². The number of nitrogens with zero attached hydrogens (tertiary/aromatic N) is 2. The summed E-state index contributed by atoms with van der Waals surface area (Å²) in [6.07, 6.45) is 5.91. The van der Waals surface area contributed by atoms with Gasteiger partial charge in [-0.3, -0.25) is 4.79 Å². The van der Waals surface area contributed by atoms with Crippen molar-refractivity contribution in [2.75, 3.05) is 5.75 Å². The highest BCUT2D eigenvalue weighted by molar-refractivity contribution is 7.99. The Morgan fingerprint density at radius 3 is 2.80 bits per heavy atom. The van der Waals surface area contributed by atoms with Crippen molar-refractivity contribution in [1.82, 2.24) is 4.57 Å². The van der Waals surface area contributed by atoms with Crippen molar-refractivity contribution in [2.24, 2.45) is 4.99 Å². The summed E-state index contributed by atoms with van der Waals surface area (Å²) in [5, 5.41) is 0. The van der Waals surface area contributed by atoms with Crippen LogP contribution in [0.2, 0.25) is 0 Å². The van der Waals surface area contributed by atoms with Crippen LogP contribution in [0, 0.1) is 19.3 Å². The first-order valence-electron chi connectivity index (χ1n) is 7.97. The molecule has 0 bridgehead atoms. The maximum atomic E-state index is 12.3. The van der Waals surface area contributed by atoms with Crippen LogP contribution >= 0.6 is 23.1 Å². The van der Waals surface area contributed by atoms with Gasteiger partial charge in [-0.25, -0.2) is 0 Å². The van der Waals surface area contributed by atoms with Gasteiger partial charge in [0.25, 0.3) is 0 Å². The van der Waals surface area contributed by atoms with Crippen LogP contribution in [0.4, 0.5) is 0 Å². The first-order valence-corrected chi connectivity index (χ1v) is 9.77. The first kappa shape index (κ1) is 17.5. The van der Waals surface area contributed by atoms with Crippen molar-refractivity contribution >= 4 is 39.2 Å². The van der Waals surface area contributed by atoms with Crippen LogP contribution in [0.25, 0.3) is 10.2 Å². The highest BCUT2D eigenvalue weighted by Gasteiger charge is 2.09. The summed E-state index contributed by atoms with van der Waals surface area (Å²) in [6.45, 7) is 2.46. The molecule has 0 atom stereocenters. The number of rotatable bonds is 5. The standard InChI is InChI=1S/C20H18N2OS2/c1-3-13-22-19-15(2)8-7-11-17(19)25-20(22)21-18(23)12-14-24-16-9-5-4-6-10-16/h1,4-11H,12-14H2,2H3. The number of para-hydroxylation sites is 1. The second-order valence-electron chi connectivity index (χ2n) is 5.51. The molecule has 1 heterocycles. The lowest BCUT2D eigenvalue weighted by Gasteiger charge is -2.02. The SMILES string of the molecule is C#CCn1c(=NC(=O)CCSc2ccccc2)sc2cccc(C)c21. The van der Waals surface area contributed by atoms with Crippen LogP contribution in [0.1, 0.15) is 12.0 Å². The smallest absolute Gasteiger partial charge is 0.249 e. The van der Waals surface area contributed by atoms with Gasteiger partial charge in [0.1, 0.15) is 0 Å². The number of fused-ring (bicyclic) bond motifs is 1. The molecule has 3 aromatic rings. The summed E-state index contributed by atoms with van der Waals surface area (Å²) in [5.41, 5.74) is 2.20. The molecule has 0 N–H and O–H groups in total. The van der Waals surface area contributed by atoms with Crippen molar-refractivity contribution in [2.45, 2.75) is 24.8 Å². The second kappa shape index (κ2) is 8.19. The lowest BCUT2D eigenvalue weighted by Crippen LogP contribution is -2.17. The van der Waals surface area contributed by atoms with Crippen molar-refractivity contribution in [1.29, 1.82) is 0 Å². The molecule has 0 spiro atoms. The molecule has 2 aromatic carbocycles. The summed E-state index contributed by atoms with van der Waals surface area (Å²) >= 11 is 3.17. The van der Waals surface area contributed by atoms with Gasteiger partial charge in [-0.15, -0.1) is 18.2 Å². The van der Waals surface area contributed by atoms with Crippen molar-refractivity contribution in [3.8, 4) is 12.3 Å². The molecule has 0 aliphatic heterocycles. The minimum absolute atomic E-state index is 0.113. The second-order valence-corrected chi connectivity index (χ2v) is 7.69. The largest absolute Gasteiger partial charge is 0.304 e. The van der Waals surface area contributed by atoms with E-state index in [9.17, 15) is 4.79 Å². The van der Waals surface area contributed by atoms with Crippen LogP contribution in [0.3, 0.4) is 0 Å². The molecule has 0 saturated carbocycles. The predicted molar refractivity (Wildman–Crippen MR) is 106 cm³/mol. The third kappa shape index (κ3) is 4.22. The van der Waals surface area contributed by atoms with E-state index in [1.165, 1.54) is 11.3 Å². The van der Waals surface area contributed by atoms with Gasteiger partial charge < -0.3 is 4.57 Å². The number of carbonyl (C=O) groups excluding carboxylic acids is 1. The van der Waals surface area contributed by atoms with Gasteiger partial charge in [-0.05, 0) is 30.7 Å². The molecule has 0 aliphatic rings. The molecular formula is C20H18N2OS2. The normalized spacial score (nSPS) is 11.6. The minimum atomic E-state index is -0.113. The van der Waals surface area contributed by atoms with E-state index in [4.69, 9.17) is 6.42 Å². The number of hydrogen-bond acceptors (Lipinski definition) is 3. The first-order chi connectivity index (χ1) is 12.2.